The summed E-state index contributed by atoms with van der Waals surface area (Å²) >= 11 is 0. The zero-order valence-corrected chi connectivity index (χ0v) is 6.07. The van der Waals surface area contributed by atoms with Gasteiger partial charge in [0.05, 0.1) is 0 Å². The lowest BCUT2D eigenvalue weighted by Gasteiger charge is -2.06. The summed E-state index contributed by atoms with van der Waals surface area (Å²) in [5.41, 5.74) is 0.606. The minimum atomic E-state index is 0.606. The summed E-state index contributed by atoms with van der Waals surface area (Å²) in [7, 11) is 2.06. The van der Waals surface area contributed by atoms with Crippen LogP contribution in [0.25, 0.3) is 0 Å². The quantitative estimate of drug-likeness (QED) is 0.509. The predicted octanol–water partition coefficient (Wildman–Crippen LogP) is -0.186. The molecule has 2 fully saturated rings. The highest BCUT2D eigenvalue weighted by Crippen LogP contribution is 2.54. The lowest BCUT2D eigenvalue weighted by molar-refractivity contribution is 0.512. The van der Waals surface area contributed by atoms with Crippen LogP contribution < -0.4 is 10.6 Å². The highest BCUT2D eigenvalue weighted by molar-refractivity contribution is 5.18. The van der Waals surface area contributed by atoms with Crippen molar-refractivity contribution in [2.75, 3.05) is 20.1 Å². The minimum absolute atomic E-state index is 0.606. The summed E-state index contributed by atoms with van der Waals surface area (Å²) in [4.78, 5) is 0. The molecule has 9 heavy (non-hydrogen) atoms. The van der Waals surface area contributed by atoms with E-state index in [1.54, 1.807) is 0 Å². The van der Waals surface area contributed by atoms with E-state index in [9.17, 15) is 0 Å². The van der Waals surface area contributed by atoms with Crippen LogP contribution in [0.15, 0.2) is 0 Å². The van der Waals surface area contributed by atoms with Crippen molar-refractivity contribution in [3.05, 3.63) is 0 Å². The maximum Gasteiger partial charge on any atom is 0.0180 e. The van der Waals surface area contributed by atoms with Crippen molar-refractivity contribution >= 4 is 0 Å². The van der Waals surface area contributed by atoms with Gasteiger partial charge in [-0.3, -0.25) is 0 Å². The third-order valence-electron chi connectivity index (χ3n) is 3.03. The first-order valence-corrected chi connectivity index (χ1v) is 3.67. The van der Waals surface area contributed by atoms with Crippen LogP contribution in [0.4, 0.5) is 0 Å². The fourth-order valence-corrected chi connectivity index (χ4v) is 2.28. The molecule has 0 aromatic carbocycles. The monoisotopic (exact) mass is 126 g/mol. The van der Waals surface area contributed by atoms with Crippen molar-refractivity contribution in [2.24, 2.45) is 11.3 Å². The van der Waals surface area contributed by atoms with Crippen molar-refractivity contribution < 1.29 is 0 Å². The van der Waals surface area contributed by atoms with Crippen LogP contribution in [0, 0.1) is 11.3 Å². The Hall–Kier alpha value is -0.0800. The summed E-state index contributed by atoms with van der Waals surface area (Å²) in [5.74, 6) is 0.919. The normalized spacial score (nSPS) is 55.3. The van der Waals surface area contributed by atoms with E-state index in [1.807, 2.05) is 0 Å². The molecule has 2 N–H and O–H groups in total. The Labute approximate surface area is 56.0 Å². The molecule has 2 nitrogen and oxygen atoms in total. The van der Waals surface area contributed by atoms with E-state index in [4.69, 9.17) is 0 Å². The van der Waals surface area contributed by atoms with Gasteiger partial charge in [0.2, 0.25) is 0 Å². The molecule has 0 aromatic rings. The highest BCUT2D eigenvalue weighted by atomic mass is 15.1. The first-order chi connectivity index (χ1) is 4.29. The molecule has 2 heteroatoms. The molecule has 1 saturated heterocycles. The van der Waals surface area contributed by atoms with Gasteiger partial charge < -0.3 is 10.6 Å². The SMILES string of the molecule is CN[C@@H]1[C@H]2CNC[C@]21C. The standard InChI is InChI=1S/C7H14N2/c1-7-4-9-3-5(7)6(7)8-2/h5-6,8-9H,3-4H2,1-2H3/t5-,6-,7-/m1/s1. The molecule has 0 bridgehead atoms. The molecule has 2 aliphatic rings. The Morgan fingerprint density at radius 3 is 2.78 bits per heavy atom. The molecule has 0 unspecified atom stereocenters. The molecule has 0 amide bonds. The van der Waals surface area contributed by atoms with Gasteiger partial charge >= 0.3 is 0 Å². The molecule has 52 valence electrons. The van der Waals surface area contributed by atoms with Crippen LogP contribution in [-0.2, 0) is 0 Å². The van der Waals surface area contributed by atoms with Crippen LogP contribution in [-0.4, -0.2) is 26.2 Å². The van der Waals surface area contributed by atoms with Crippen molar-refractivity contribution in [3.63, 3.8) is 0 Å². The molecule has 1 saturated carbocycles. The number of hydrogen-bond donors (Lipinski definition) is 2. The van der Waals surface area contributed by atoms with Gasteiger partial charge in [0, 0.05) is 24.5 Å². The van der Waals surface area contributed by atoms with E-state index in [0.29, 0.717) is 5.41 Å². The van der Waals surface area contributed by atoms with E-state index in [1.165, 1.54) is 13.1 Å². The number of hydrogen-bond acceptors (Lipinski definition) is 2. The molecule has 3 atom stereocenters. The highest BCUT2D eigenvalue weighted by Gasteiger charge is 2.62. The molecule has 0 aromatic heterocycles. The third kappa shape index (κ3) is 0.528. The zero-order chi connectivity index (χ0) is 6.48. The van der Waals surface area contributed by atoms with Gasteiger partial charge in [0.25, 0.3) is 0 Å². The van der Waals surface area contributed by atoms with Crippen molar-refractivity contribution in [2.45, 2.75) is 13.0 Å². The topological polar surface area (TPSA) is 24.1 Å². The second-order valence-corrected chi connectivity index (χ2v) is 3.51. The van der Waals surface area contributed by atoms with Gasteiger partial charge in [-0.15, -0.1) is 0 Å². The second kappa shape index (κ2) is 1.50. The largest absolute Gasteiger partial charge is 0.316 e. The lowest BCUT2D eigenvalue weighted by Crippen LogP contribution is -2.28. The smallest absolute Gasteiger partial charge is 0.0180 e. The Bertz CT molecular complexity index is 129. The molecule has 1 aliphatic carbocycles. The van der Waals surface area contributed by atoms with Gasteiger partial charge in [-0.05, 0) is 13.0 Å². The molecular weight excluding hydrogens is 112 g/mol. The summed E-state index contributed by atoms with van der Waals surface area (Å²) in [6.07, 6.45) is 0. The van der Waals surface area contributed by atoms with Gasteiger partial charge in [-0.1, -0.05) is 6.92 Å². The Morgan fingerprint density at radius 1 is 1.67 bits per heavy atom. The minimum Gasteiger partial charge on any atom is -0.316 e. The van der Waals surface area contributed by atoms with Gasteiger partial charge in [-0.2, -0.15) is 0 Å². The van der Waals surface area contributed by atoms with Gasteiger partial charge in [0.15, 0.2) is 0 Å². The molecule has 0 spiro atoms. The van der Waals surface area contributed by atoms with E-state index < -0.39 is 0 Å². The Kier molecular flexibility index (Phi) is 0.945. The van der Waals surface area contributed by atoms with E-state index in [-0.39, 0.29) is 0 Å². The van der Waals surface area contributed by atoms with Crippen LogP contribution in [0.2, 0.25) is 0 Å². The molecule has 0 radical (unpaired) electrons. The average molecular weight is 126 g/mol. The first-order valence-electron chi connectivity index (χ1n) is 3.67. The number of nitrogens with one attached hydrogen (secondary N) is 2. The Balaban J connectivity index is 2.08. The number of piperidine rings is 1. The summed E-state index contributed by atoms with van der Waals surface area (Å²) in [6.45, 7) is 4.80. The fourth-order valence-electron chi connectivity index (χ4n) is 2.28. The predicted molar refractivity (Wildman–Crippen MR) is 37.3 cm³/mol. The van der Waals surface area contributed by atoms with E-state index in [0.717, 1.165) is 12.0 Å². The summed E-state index contributed by atoms with van der Waals surface area (Å²) in [5, 5.41) is 6.73. The molecule has 1 aliphatic heterocycles. The maximum atomic E-state index is 3.39. The number of rotatable bonds is 1. The van der Waals surface area contributed by atoms with Crippen molar-refractivity contribution in [1.29, 1.82) is 0 Å². The van der Waals surface area contributed by atoms with Crippen LogP contribution in [0.5, 0.6) is 0 Å². The van der Waals surface area contributed by atoms with Gasteiger partial charge in [0.1, 0.15) is 0 Å². The van der Waals surface area contributed by atoms with Crippen LogP contribution in [0.1, 0.15) is 6.92 Å². The summed E-state index contributed by atoms with van der Waals surface area (Å²) in [6, 6.07) is 0.804. The van der Waals surface area contributed by atoms with Crippen LogP contribution in [0.3, 0.4) is 0 Å². The lowest BCUT2D eigenvalue weighted by atomic mass is 10.1. The number of fused-ring (bicyclic) bond motifs is 1. The van der Waals surface area contributed by atoms with Crippen molar-refractivity contribution in [1.82, 2.24) is 10.6 Å². The van der Waals surface area contributed by atoms with Crippen molar-refractivity contribution in [3.8, 4) is 0 Å². The second-order valence-electron chi connectivity index (χ2n) is 3.51. The molecular formula is C7H14N2. The average Bonchev–Trinajstić information content (AvgIpc) is 2.16. The van der Waals surface area contributed by atoms with Gasteiger partial charge in [-0.25, -0.2) is 0 Å². The Morgan fingerprint density at radius 2 is 2.44 bits per heavy atom. The fraction of sp³-hybridized carbons (Fsp3) is 1.00. The first kappa shape index (κ1) is 5.69. The molecule has 1 heterocycles. The molecule has 2 rings (SSSR count). The van der Waals surface area contributed by atoms with E-state index in [2.05, 4.69) is 24.6 Å². The summed E-state index contributed by atoms with van der Waals surface area (Å²) < 4.78 is 0. The van der Waals surface area contributed by atoms with E-state index >= 15 is 0 Å². The van der Waals surface area contributed by atoms with Crippen LogP contribution >= 0.6 is 0 Å². The zero-order valence-electron chi connectivity index (χ0n) is 6.07. The maximum absolute atomic E-state index is 3.39. The third-order valence-corrected chi connectivity index (χ3v) is 3.03.